The van der Waals surface area contributed by atoms with Crippen molar-refractivity contribution in [2.45, 2.75) is 12.7 Å². The molecule has 2 aromatic heterocycles. The molecule has 1 aliphatic heterocycles. The minimum absolute atomic E-state index is 0.000541. The lowest BCUT2D eigenvalue weighted by Gasteiger charge is -2.18. The van der Waals surface area contributed by atoms with Gasteiger partial charge in [0.1, 0.15) is 16.5 Å². The number of nitrogens with zero attached hydrogens (tertiary/aromatic N) is 5. The molecule has 5 rings (SSSR count). The molecule has 1 saturated heterocycles. The molecule has 0 bridgehead atoms. The monoisotopic (exact) mass is 461 g/mol. The van der Waals surface area contributed by atoms with Gasteiger partial charge in [0.15, 0.2) is 5.69 Å². The largest absolute Gasteiger partial charge is 0.434 e. The number of anilines is 1. The Bertz CT molecular complexity index is 1320. The van der Waals surface area contributed by atoms with Crippen LogP contribution in [0.5, 0.6) is 0 Å². The SMILES string of the molecule is O=C1N(Cc2nc(C(F)(F)F)cs2)CCN1c1cccc2c1cnn2-c1ccccc1F. The molecule has 0 N–H and O–H groups in total. The van der Waals surface area contributed by atoms with Crippen LogP contribution in [0.2, 0.25) is 0 Å². The van der Waals surface area contributed by atoms with Crippen molar-refractivity contribution in [3.05, 3.63) is 70.6 Å². The van der Waals surface area contributed by atoms with Gasteiger partial charge < -0.3 is 4.90 Å². The molecule has 11 heteroatoms. The molecule has 6 nitrogen and oxygen atoms in total. The van der Waals surface area contributed by atoms with E-state index in [1.165, 1.54) is 15.6 Å². The highest BCUT2D eigenvalue weighted by Gasteiger charge is 2.35. The number of carbonyl (C=O) groups excluding carboxylic acids is 1. The van der Waals surface area contributed by atoms with Crippen molar-refractivity contribution < 1.29 is 22.4 Å². The first-order chi connectivity index (χ1) is 15.3. The summed E-state index contributed by atoms with van der Waals surface area (Å²) in [4.78, 5) is 19.6. The van der Waals surface area contributed by atoms with Gasteiger partial charge in [-0.25, -0.2) is 18.9 Å². The third-order valence-corrected chi connectivity index (χ3v) is 6.06. The average molecular weight is 461 g/mol. The maximum atomic E-state index is 14.3. The number of benzene rings is 2. The van der Waals surface area contributed by atoms with Gasteiger partial charge in [0, 0.05) is 23.9 Å². The van der Waals surface area contributed by atoms with Crippen LogP contribution in [0, 0.1) is 5.82 Å². The van der Waals surface area contributed by atoms with Gasteiger partial charge in [-0.3, -0.25) is 4.90 Å². The van der Waals surface area contributed by atoms with Gasteiger partial charge in [0.05, 0.1) is 23.9 Å². The van der Waals surface area contributed by atoms with Crippen LogP contribution in [0.15, 0.2) is 54.0 Å². The fourth-order valence-corrected chi connectivity index (χ4v) is 4.53. The lowest BCUT2D eigenvalue weighted by atomic mass is 10.2. The molecule has 0 saturated carbocycles. The Morgan fingerprint density at radius 2 is 1.81 bits per heavy atom. The van der Waals surface area contributed by atoms with Crippen molar-refractivity contribution in [3.63, 3.8) is 0 Å². The number of amides is 2. The molecule has 164 valence electrons. The van der Waals surface area contributed by atoms with Crippen molar-refractivity contribution in [1.82, 2.24) is 19.7 Å². The second kappa shape index (κ2) is 7.59. The third kappa shape index (κ3) is 3.48. The predicted molar refractivity (Wildman–Crippen MR) is 111 cm³/mol. The maximum absolute atomic E-state index is 14.3. The maximum Gasteiger partial charge on any atom is 0.434 e. The van der Waals surface area contributed by atoms with Gasteiger partial charge in [0.2, 0.25) is 0 Å². The minimum atomic E-state index is -4.51. The topological polar surface area (TPSA) is 54.3 Å². The number of hydrogen-bond acceptors (Lipinski definition) is 4. The Labute approximate surface area is 183 Å². The van der Waals surface area contributed by atoms with Gasteiger partial charge in [-0.2, -0.15) is 18.3 Å². The van der Waals surface area contributed by atoms with Crippen LogP contribution in [-0.4, -0.2) is 38.8 Å². The summed E-state index contributed by atoms with van der Waals surface area (Å²) in [5.74, 6) is -0.423. The van der Waals surface area contributed by atoms with E-state index in [0.29, 0.717) is 35.4 Å². The number of thiazole rings is 1. The van der Waals surface area contributed by atoms with E-state index in [1.807, 2.05) is 0 Å². The fourth-order valence-electron chi connectivity index (χ4n) is 3.72. The highest BCUT2D eigenvalue weighted by atomic mass is 32.1. The number of aromatic nitrogens is 3. The second-order valence-corrected chi connectivity index (χ2v) is 8.14. The van der Waals surface area contributed by atoms with E-state index in [-0.39, 0.29) is 17.6 Å². The Morgan fingerprint density at radius 3 is 2.56 bits per heavy atom. The summed E-state index contributed by atoms with van der Waals surface area (Å²) in [6, 6.07) is 11.2. The Kier molecular flexibility index (Phi) is 4.85. The number of halogens is 4. The van der Waals surface area contributed by atoms with Gasteiger partial charge in [-0.15, -0.1) is 11.3 Å². The Balaban J connectivity index is 1.42. The zero-order valence-electron chi connectivity index (χ0n) is 16.4. The van der Waals surface area contributed by atoms with Crippen LogP contribution in [0.1, 0.15) is 10.7 Å². The zero-order valence-corrected chi connectivity index (χ0v) is 17.2. The van der Waals surface area contributed by atoms with Crippen molar-refractivity contribution in [3.8, 4) is 5.69 Å². The number of urea groups is 1. The minimum Gasteiger partial charge on any atom is -0.316 e. The zero-order chi connectivity index (χ0) is 22.5. The van der Waals surface area contributed by atoms with E-state index in [1.54, 1.807) is 47.5 Å². The summed E-state index contributed by atoms with van der Waals surface area (Å²) >= 11 is 0.875. The van der Waals surface area contributed by atoms with E-state index < -0.39 is 17.7 Å². The van der Waals surface area contributed by atoms with Crippen molar-refractivity contribution >= 4 is 34.0 Å². The summed E-state index contributed by atoms with van der Waals surface area (Å²) in [6.07, 6.45) is -2.94. The molecule has 0 spiro atoms. The van der Waals surface area contributed by atoms with Gasteiger partial charge in [-0.05, 0) is 24.3 Å². The number of alkyl halides is 3. The first-order valence-corrected chi connectivity index (χ1v) is 10.5. The number of rotatable bonds is 4. The summed E-state index contributed by atoms with van der Waals surface area (Å²) < 4.78 is 54.1. The van der Waals surface area contributed by atoms with Crippen molar-refractivity contribution in [2.75, 3.05) is 18.0 Å². The van der Waals surface area contributed by atoms with Crippen LogP contribution >= 0.6 is 11.3 Å². The van der Waals surface area contributed by atoms with Crippen LogP contribution in [0.4, 0.5) is 28.0 Å². The summed E-state index contributed by atoms with van der Waals surface area (Å²) in [5, 5.41) is 6.14. The van der Waals surface area contributed by atoms with E-state index in [2.05, 4.69) is 10.1 Å². The van der Waals surface area contributed by atoms with E-state index in [0.717, 1.165) is 16.7 Å². The quantitative estimate of drug-likeness (QED) is 0.398. The number of fused-ring (bicyclic) bond motifs is 1. The molecule has 0 aliphatic carbocycles. The molecular weight excluding hydrogens is 446 g/mol. The smallest absolute Gasteiger partial charge is 0.316 e. The third-order valence-electron chi connectivity index (χ3n) is 5.23. The Morgan fingerprint density at radius 1 is 1.03 bits per heavy atom. The molecule has 1 aliphatic rings. The number of carbonyl (C=O) groups is 1. The highest BCUT2D eigenvalue weighted by molar-refractivity contribution is 7.09. The molecule has 0 atom stereocenters. The predicted octanol–water partition coefficient (Wildman–Crippen LogP) is 5.08. The Hall–Kier alpha value is -3.47. The summed E-state index contributed by atoms with van der Waals surface area (Å²) in [5.41, 5.74) is 0.575. The molecule has 1 fully saturated rings. The lowest BCUT2D eigenvalue weighted by molar-refractivity contribution is -0.140. The standard InChI is InChI=1S/C21H15F4N5OS/c22-14-4-1-2-5-17(14)30-16-7-3-6-15(13(16)10-26-30)29-9-8-28(20(29)31)11-19-27-18(12-32-19)21(23,24)25/h1-7,10,12H,8-9,11H2. The lowest BCUT2D eigenvalue weighted by Crippen LogP contribution is -2.31. The second-order valence-electron chi connectivity index (χ2n) is 7.20. The van der Waals surface area contributed by atoms with E-state index in [9.17, 15) is 22.4 Å². The van der Waals surface area contributed by atoms with Crippen molar-refractivity contribution in [1.29, 1.82) is 0 Å². The molecular formula is C21H15F4N5OS. The average Bonchev–Trinajstić information content (AvgIpc) is 3.48. The highest BCUT2D eigenvalue weighted by Crippen LogP contribution is 2.33. The van der Waals surface area contributed by atoms with Crippen molar-refractivity contribution in [2.24, 2.45) is 0 Å². The summed E-state index contributed by atoms with van der Waals surface area (Å²) in [7, 11) is 0. The number of hydrogen-bond donors (Lipinski definition) is 0. The van der Waals surface area contributed by atoms with Crippen LogP contribution < -0.4 is 4.90 Å². The molecule has 4 aromatic rings. The van der Waals surface area contributed by atoms with Crippen LogP contribution in [0.3, 0.4) is 0 Å². The van der Waals surface area contributed by atoms with Crippen LogP contribution in [0.25, 0.3) is 16.6 Å². The van der Waals surface area contributed by atoms with Gasteiger partial charge in [0.25, 0.3) is 0 Å². The van der Waals surface area contributed by atoms with Crippen LogP contribution in [-0.2, 0) is 12.7 Å². The van der Waals surface area contributed by atoms with Gasteiger partial charge >= 0.3 is 12.2 Å². The molecule has 2 amide bonds. The molecule has 0 unspecified atom stereocenters. The van der Waals surface area contributed by atoms with E-state index >= 15 is 0 Å². The summed E-state index contributed by atoms with van der Waals surface area (Å²) in [6.45, 7) is 0.707. The normalized spacial score (nSPS) is 14.7. The first kappa shape index (κ1) is 20.4. The molecule has 2 aromatic carbocycles. The molecule has 0 radical (unpaired) electrons. The first-order valence-electron chi connectivity index (χ1n) is 9.62. The van der Waals surface area contributed by atoms with E-state index in [4.69, 9.17) is 0 Å². The molecule has 32 heavy (non-hydrogen) atoms. The fraction of sp³-hybridized carbons (Fsp3) is 0.190. The molecule has 3 heterocycles. The number of para-hydroxylation sites is 1. The van der Waals surface area contributed by atoms with Gasteiger partial charge in [-0.1, -0.05) is 18.2 Å².